The van der Waals surface area contributed by atoms with Crippen LogP contribution in [0.5, 0.6) is 5.75 Å². The molecule has 2 fully saturated rings. The first kappa shape index (κ1) is 14.5. The molecular formula is C18H21NO4. The molecule has 0 N–H and O–H groups in total. The fourth-order valence-electron chi connectivity index (χ4n) is 3.38. The van der Waals surface area contributed by atoms with Crippen LogP contribution in [0, 0.1) is 5.92 Å². The molecular weight excluding hydrogens is 294 g/mol. The SMILES string of the molecule is O=C1CC2(CCN(C(=O)OCC3CC3)CC2)Oc2ccccc21. The Bertz CT molecular complexity index is 630. The lowest BCUT2D eigenvalue weighted by atomic mass is 9.82. The van der Waals surface area contributed by atoms with Gasteiger partial charge in [0, 0.05) is 25.9 Å². The number of ketones is 1. The molecule has 1 saturated heterocycles. The van der Waals surface area contributed by atoms with Gasteiger partial charge in [-0.3, -0.25) is 4.79 Å². The second kappa shape index (κ2) is 5.55. The van der Waals surface area contributed by atoms with Gasteiger partial charge in [-0.1, -0.05) is 12.1 Å². The Hall–Kier alpha value is -2.04. The smallest absolute Gasteiger partial charge is 0.409 e. The van der Waals surface area contributed by atoms with Gasteiger partial charge in [-0.15, -0.1) is 0 Å². The normalized spacial score (nSPS) is 22.4. The van der Waals surface area contributed by atoms with Crippen molar-refractivity contribution in [2.24, 2.45) is 5.92 Å². The minimum absolute atomic E-state index is 0.136. The predicted octanol–water partition coefficient (Wildman–Crippen LogP) is 3.03. The zero-order valence-corrected chi connectivity index (χ0v) is 13.1. The van der Waals surface area contributed by atoms with Crippen LogP contribution in [0.2, 0.25) is 0 Å². The van der Waals surface area contributed by atoms with Crippen LogP contribution in [0.3, 0.4) is 0 Å². The maximum Gasteiger partial charge on any atom is 0.409 e. The number of piperidine rings is 1. The number of hydrogen-bond donors (Lipinski definition) is 0. The van der Waals surface area contributed by atoms with Gasteiger partial charge in [-0.25, -0.2) is 4.79 Å². The first-order valence-electron chi connectivity index (χ1n) is 8.38. The monoisotopic (exact) mass is 315 g/mol. The summed E-state index contributed by atoms with van der Waals surface area (Å²) in [4.78, 5) is 26.2. The Morgan fingerprint density at radius 1 is 1.26 bits per heavy atom. The molecule has 1 spiro atoms. The zero-order chi connectivity index (χ0) is 15.9. The van der Waals surface area contributed by atoms with Crippen molar-refractivity contribution < 1.29 is 19.1 Å². The van der Waals surface area contributed by atoms with Gasteiger partial charge in [0.15, 0.2) is 5.78 Å². The number of amides is 1. The molecule has 1 amide bonds. The molecule has 5 heteroatoms. The topological polar surface area (TPSA) is 55.8 Å². The minimum Gasteiger partial charge on any atom is -0.486 e. The Morgan fingerprint density at radius 3 is 2.74 bits per heavy atom. The predicted molar refractivity (Wildman–Crippen MR) is 83.6 cm³/mol. The number of likely N-dealkylation sites (tertiary alicyclic amines) is 1. The van der Waals surface area contributed by atoms with E-state index in [4.69, 9.17) is 9.47 Å². The van der Waals surface area contributed by atoms with Crippen LogP contribution in [0.15, 0.2) is 24.3 Å². The van der Waals surface area contributed by atoms with Crippen molar-refractivity contribution in [3.8, 4) is 5.75 Å². The maximum atomic E-state index is 12.4. The summed E-state index contributed by atoms with van der Waals surface area (Å²) in [6, 6.07) is 7.41. The molecule has 23 heavy (non-hydrogen) atoms. The molecule has 0 aromatic heterocycles. The van der Waals surface area contributed by atoms with Gasteiger partial charge < -0.3 is 14.4 Å². The Balaban J connectivity index is 1.39. The van der Waals surface area contributed by atoms with E-state index in [0.29, 0.717) is 56.2 Å². The summed E-state index contributed by atoms with van der Waals surface area (Å²) >= 11 is 0. The number of hydrogen-bond acceptors (Lipinski definition) is 4. The molecule has 122 valence electrons. The largest absolute Gasteiger partial charge is 0.486 e. The number of benzene rings is 1. The van der Waals surface area contributed by atoms with Crippen molar-refractivity contribution in [2.45, 2.75) is 37.7 Å². The van der Waals surface area contributed by atoms with E-state index >= 15 is 0 Å². The lowest BCUT2D eigenvalue weighted by Gasteiger charge is -2.43. The van der Waals surface area contributed by atoms with Crippen LogP contribution in [-0.2, 0) is 4.74 Å². The van der Waals surface area contributed by atoms with Crippen molar-refractivity contribution >= 4 is 11.9 Å². The van der Waals surface area contributed by atoms with Gasteiger partial charge in [0.2, 0.25) is 0 Å². The fraction of sp³-hybridized carbons (Fsp3) is 0.556. The van der Waals surface area contributed by atoms with Gasteiger partial charge in [0.05, 0.1) is 18.6 Å². The molecule has 0 atom stereocenters. The van der Waals surface area contributed by atoms with Crippen molar-refractivity contribution in [3.05, 3.63) is 29.8 Å². The van der Waals surface area contributed by atoms with Crippen LogP contribution in [0.25, 0.3) is 0 Å². The highest BCUT2D eigenvalue weighted by atomic mass is 16.6. The Labute approximate surface area is 135 Å². The minimum atomic E-state index is -0.460. The summed E-state index contributed by atoms with van der Waals surface area (Å²) in [5, 5.41) is 0. The lowest BCUT2D eigenvalue weighted by Crippen LogP contribution is -2.52. The van der Waals surface area contributed by atoms with Crippen LogP contribution in [-0.4, -0.2) is 42.1 Å². The van der Waals surface area contributed by atoms with Crippen LogP contribution >= 0.6 is 0 Å². The standard InChI is InChI=1S/C18H21NO4/c20-15-11-18(23-16-4-2-1-3-14(15)16)7-9-19(10-8-18)17(21)22-12-13-5-6-13/h1-4,13H,5-12H2. The number of nitrogens with zero attached hydrogens (tertiary/aromatic N) is 1. The molecule has 0 radical (unpaired) electrons. The van der Waals surface area contributed by atoms with Gasteiger partial charge in [-0.2, -0.15) is 0 Å². The number of Topliss-reactive ketones (excluding diaryl/α,β-unsaturated/α-hetero) is 1. The molecule has 1 aliphatic carbocycles. The quantitative estimate of drug-likeness (QED) is 0.842. The highest BCUT2D eigenvalue weighted by molar-refractivity contribution is 6.00. The molecule has 4 rings (SSSR count). The van der Waals surface area contributed by atoms with Gasteiger partial charge in [0.1, 0.15) is 11.4 Å². The number of carbonyl (C=O) groups excluding carboxylic acids is 2. The van der Waals surface area contributed by atoms with Crippen molar-refractivity contribution in [2.75, 3.05) is 19.7 Å². The summed E-state index contributed by atoms with van der Waals surface area (Å²) < 4.78 is 11.5. The number of ether oxygens (including phenoxy) is 2. The highest BCUT2D eigenvalue weighted by Crippen LogP contribution is 2.39. The van der Waals surface area contributed by atoms with E-state index in [2.05, 4.69) is 0 Å². The van der Waals surface area contributed by atoms with Gasteiger partial charge >= 0.3 is 6.09 Å². The number of para-hydroxylation sites is 1. The van der Waals surface area contributed by atoms with E-state index < -0.39 is 5.60 Å². The molecule has 1 saturated carbocycles. The molecule has 2 aliphatic heterocycles. The van der Waals surface area contributed by atoms with E-state index in [0.717, 1.165) is 0 Å². The molecule has 5 nitrogen and oxygen atoms in total. The highest BCUT2D eigenvalue weighted by Gasteiger charge is 2.43. The summed E-state index contributed by atoms with van der Waals surface area (Å²) in [5.41, 5.74) is 0.211. The third kappa shape index (κ3) is 2.92. The lowest BCUT2D eigenvalue weighted by molar-refractivity contribution is -0.00944. The van der Waals surface area contributed by atoms with E-state index in [1.807, 2.05) is 24.3 Å². The maximum absolute atomic E-state index is 12.4. The van der Waals surface area contributed by atoms with E-state index in [1.165, 1.54) is 12.8 Å². The van der Waals surface area contributed by atoms with Crippen LogP contribution < -0.4 is 4.74 Å². The van der Waals surface area contributed by atoms with Gasteiger partial charge in [0.25, 0.3) is 0 Å². The van der Waals surface area contributed by atoms with E-state index in [9.17, 15) is 9.59 Å². The van der Waals surface area contributed by atoms with Crippen LogP contribution in [0.4, 0.5) is 4.79 Å². The zero-order valence-electron chi connectivity index (χ0n) is 13.1. The molecule has 1 aromatic carbocycles. The molecule has 1 aromatic rings. The number of carbonyl (C=O) groups is 2. The summed E-state index contributed by atoms with van der Waals surface area (Å²) in [6.45, 7) is 1.71. The van der Waals surface area contributed by atoms with E-state index in [-0.39, 0.29) is 11.9 Å². The first-order chi connectivity index (χ1) is 11.2. The van der Waals surface area contributed by atoms with E-state index in [1.54, 1.807) is 4.90 Å². The summed E-state index contributed by atoms with van der Waals surface area (Å²) in [6.07, 6.45) is 3.86. The second-order valence-corrected chi connectivity index (χ2v) is 6.89. The van der Waals surface area contributed by atoms with Crippen molar-refractivity contribution in [3.63, 3.8) is 0 Å². The average Bonchev–Trinajstić information content (AvgIpc) is 3.38. The Kier molecular flexibility index (Phi) is 3.51. The second-order valence-electron chi connectivity index (χ2n) is 6.89. The fourth-order valence-corrected chi connectivity index (χ4v) is 3.38. The molecule has 0 unspecified atom stereocenters. The van der Waals surface area contributed by atoms with Crippen molar-refractivity contribution in [1.29, 1.82) is 0 Å². The number of rotatable bonds is 2. The van der Waals surface area contributed by atoms with Crippen molar-refractivity contribution in [1.82, 2.24) is 4.90 Å². The third-order valence-electron chi connectivity index (χ3n) is 5.07. The Morgan fingerprint density at radius 2 is 2.00 bits per heavy atom. The van der Waals surface area contributed by atoms with Crippen LogP contribution in [0.1, 0.15) is 42.5 Å². The van der Waals surface area contributed by atoms with Gasteiger partial charge in [-0.05, 0) is 30.9 Å². The number of fused-ring (bicyclic) bond motifs is 1. The summed E-state index contributed by atoms with van der Waals surface area (Å²) in [7, 11) is 0. The average molecular weight is 315 g/mol. The first-order valence-corrected chi connectivity index (χ1v) is 8.38. The summed E-state index contributed by atoms with van der Waals surface area (Å²) in [5.74, 6) is 1.39. The molecule has 0 bridgehead atoms. The third-order valence-corrected chi connectivity index (χ3v) is 5.07. The molecule has 2 heterocycles. The molecule has 3 aliphatic rings.